The monoisotopic (exact) mass is 618 g/mol. The quantitative estimate of drug-likeness (QED) is 0.172. The molecule has 0 bridgehead atoms. The number of alkyl carbamates (subject to hydrolysis) is 1. The minimum atomic E-state index is -0.640. The fraction of sp³-hybridized carbons (Fsp3) is 0.353. The number of esters is 1. The van der Waals surface area contributed by atoms with Crippen molar-refractivity contribution >= 4 is 23.7 Å². The highest BCUT2D eigenvalue weighted by Crippen LogP contribution is 2.38. The van der Waals surface area contributed by atoms with Gasteiger partial charge in [0.05, 0.1) is 18.2 Å². The number of benzene rings is 2. The van der Waals surface area contributed by atoms with Gasteiger partial charge in [0, 0.05) is 30.1 Å². The fourth-order valence-corrected chi connectivity index (χ4v) is 4.73. The summed E-state index contributed by atoms with van der Waals surface area (Å²) in [4.78, 5) is 29.8. The maximum atomic E-state index is 13.4. The Morgan fingerprint density at radius 1 is 1.02 bits per heavy atom. The summed E-state index contributed by atoms with van der Waals surface area (Å²) in [6.07, 6.45) is 2.58. The maximum Gasteiger partial charge on any atom is 0.407 e. The van der Waals surface area contributed by atoms with Gasteiger partial charge in [-0.15, -0.1) is 0 Å². The van der Waals surface area contributed by atoms with Crippen molar-refractivity contribution in [2.45, 2.75) is 66.2 Å². The molecule has 1 N–H and O–H groups in total. The molecule has 4 aromatic rings. The standard InChI is InChI=1S/C34H39ClN4O5/c1-7-42-32(40)31-29(25-12-14-26(15-13-25)43-21-23-8-10-24(11-9-23)22(2)3)30(27-16-17-36-20-28(27)35)38-39(31)19-18-37-33(41)44-34(4,5)6/h8-17,20,22H,7,18-19,21H2,1-6H3,(H,37,41). The minimum Gasteiger partial charge on any atom is -0.489 e. The molecular formula is C34H39ClN4O5. The Labute approximate surface area is 263 Å². The van der Waals surface area contributed by atoms with Crippen molar-refractivity contribution in [3.8, 4) is 28.1 Å². The first-order valence-electron chi connectivity index (χ1n) is 14.6. The van der Waals surface area contributed by atoms with Crippen molar-refractivity contribution in [2.24, 2.45) is 0 Å². The Hall–Kier alpha value is -4.37. The van der Waals surface area contributed by atoms with Crippen LogP contribution in [0, 0.1) is 0 Å². The highest BCUT2D eigenvalue weighted by Gasteiger charge is 2.28. The molecule has 232 valence electrons. The SMILES string of the molecule is CCOC(=O)c1c(-c2ccc(OCc3ccc(C(C)C)cc3)cc2)c(-c2ccncc2Cl)nn1CCNC(=O)OC(C)(C)C. The number of carbonyl (C=O) groups excluding carboxylic acids is 2. The van der Waals surface area contributed by atoms with Gasteiger partial charge < -0.3 is 19.5 Å². The van der Waals surface area contributed by atoms with E-state index in [1.54, 1.807) is 40.0 Å². The van der Waals surface area contributed by atoms with Gasteiger partial charge in [-0.3, -0.25) is 9.67 Å². The van der Waals surface area contributed by atoms with Crippen LogP contribution in [0.5, 0.6) is 5.75 Å². The van der Waals surface area contributed by atoms with Crippen LogP contribution >= 0.6 is 11.6 Å². The van der Waals surface area contributed by atoms with Gasteiger partial charge in [0.1, 0.15) is 23.7 Å². The molecule has 9 nitrogen and oxygen atoms in total. The van der Waals surface area contributed by atoms with Gasteiger partial charge in [-0.05, 0) is 68.5 Å². The van der Waals surface area contributed by atoms with Gasteiger partial charge in [0.2, 0.25) is 0 Å². The van der Waals surface area contributed by atoms with Gasteiger partial charge in [-0.25, -0.2) is 9.59 Å². The number of hydrogen-bond acceptors (Lipinski definition) is 7. The Bertz CT molecular complexity index is 1570. The van der Waals surface area contributed by atoms with Gasteiger partial charge >= 0.3 is 12.1 Å². The van der Waals surface area contributed by atoms with Crippen LogP contribution in [0.3, 0.4) is 0 Å². The van der Waals surface area contributed by atoms with E-state index < -0.39 is 17.7 Å². The summed E-state index contributed by atoms with van der Waals surface area (Å²) in [6.45, 7) is 12.4. The number of aromatic nitrogens is 3. The van der Waals surface area contributed by atoms with Gasteiger partial charge in [0.25, 0.3) is 0 Å². The Balaban J connectivity index is 1.66. The predicted molar refractivity (Wildman–Crippen MR) is 171 cm³/mol. The van der Waals surface area contributed by atoms with E-state index in [-0.39, 0.29) is 25.4 Å². The van der Waals surface area contributed by atoms with E-state index >= 15 is 0 Å². The molecule has 2 heterocycles. The number of carbonyl (C=O) groups is 2. The van der Waals surface area contributed by atoms with E-state index in [0.717, 1.165) is 11.1 Å². The molecule has 1 amide bonds. The van der Waals surface area contributed by atoms with Crippen molar-refractivity contribution in [2.75, 3.05) is 13.2 Å². The van der Waals surface area contributed by atoms with Crippen LogP contribution in [0.4, 0.5) is 4.79 Å². The second kappa shape index (κ2) is 14.4. The van der Waals surface area contributed by atoms with Gasteiger partial charge in [-0.2, -0.15) is 5.10 Å². The first-order chi connectivity index (χ1) is 21.0. The molecule has 2 aromatic heterocycles. The summed E-state index contributed by atoms with van der Waals surface area (Å²) in [7, 11) is 0. The van der Waals surface area contributed by atoms with Crippen molar-refractivity contribution in [1.82, 2.24) is 20.1 Å². The largest absolute Gasteiger partial charge is 0.489 e. The normalized spacial score (nSPS) is 11.4. The van der Waals surface area contributed by atoms with E-state index in [4.69, 9.17) is 30.9 Å². The Morgan fingerprint density at radius 3 is 2.34 bits per heavy atom. The molecule has 0 aliphatic rings. The summed E-state index contributed by atoms with van der Waals surface area (Å²) in [6, 6.07) is 17.6. The number of ether oxygens (including phenoxy) is 3. The molecule has 0 unspecified atom stereocenters. The van der Waals surface area contributed by atoms with E-state index in [9.17, 15) is 9.59 Å². The predicted octanol–water partition coefficient (Wildman–Crippen LogP) is 7.67. The highest BCUT2D eigenvalue weighted by molar-refractivity contribution is 6.33. The van der Waals surface area contributed by atoms with Crippen LogP contribution in [0.2, 0.25) is 5.02 Å². The molecular weight excluding hydrogens is 580 g/mol. The van der Waals surface area contributed by atoms with Crippen molar-refractivity contribution < 1.29 is 23.8 Å². The van der Waals surface area contributed by atoms with E-state index in [1.165, 1.54) is 16.4 Å². The van der Waals surface area contributed by atoms with Crippen LogP contribution in [-0.4, -0.2) is 45.6 Å². The fourth-order valence-electron chi connectivity index (χ4n) is 4.52. The third-order valence-electron chi connectivity index (χ3n) is 6.64. The molecule has 10 heteroatoms. The zero-order valence-electron chi connectivity index (χ0n) is 26.0. The maximum absolute atomic E-state index is 13.4. The van der Waals surface area contributed by atoms with Crippen molar-refractivity contribution in [1.29, 1.82) is 0 Å². The van der Waals surface area contributed by atoms with Crippen molar-refractivity contribution in [3.63, 3.8) is 0 Å². The molecule has 0 spiro atoms. The van der Waals surface area contributed by atoms with Crippen LogP contribution in [-0.2, 0) is 22.6 Å². The molecule has 4 rings (SSSR count). The lowest BCUT2D eigenvalue weighted by Gasteiger charge is -2.19. The summed E-state index contributed by atoms with van der Waals surface area (Å²) >= 11 is 6.56. The van der Waals surface area contributed by atoms with E-state index in [0.29, 0.717) is 40.1 Å². The minimum absolute atomic E-state index is 0.164. The molecule has 0 radical (unpaired) electrons. The Kier molecular flexibility index (Phi) is 10.7. The number of pyridine rings is 1. The molecule has 0 aliphatic heterocycles. The summed E-state index contributed by atoms with van der Waals surface area (Å²) in [5, 5.41) is 7.89. The number of halogens is 1. The number of nitrogens with one attached hydrogen (secondary N) is 1. The number of nitrogens with zero attached hydrogens (tertiary/aromatic N) is 3. The van der Waals surface area contributed by atoms with Crippen LogP contribution in [0.1, 0.15) is 69.1 Å². The average Bonchev–Trinajstić information content (AvgIpc) is 3.35. The highest BCUT2D eigenvalue weighted by atomic mass is 35.5. The average molecular weight is 619 g/mol. The van der Waals surface area contributed by atoms with Crippen LogP contribution in [0.25, 0.3) is 22.4 Å². The van der Waals surface area contributed by atoms with Gasteiger partial charge in [-0.1, -0.05) is 61.8 Å². The molecule has 0 fully saturated rings. The Morgan fingerprint density at radius 2 is 1.73 bits per heavy atom. The lowest BCUT2D eigenvalue weighted by atomic mass is 9.99. The second-order valence-electron chi connectivity index (χ2n) is 11.5. The number of rotatable bonds is 11. The summed E-state index contributed by atoms with van der Waals surface area (Å²) < 4.78 is 18.4. The lowest BCUT2D eigenvalue weighted by Crippen LogP contribution is -2.34. The lowest BCUT2D eigenvalue weighted by molar-refractivity contribution is 0.0513. The van der Waals surface area contributed by atoms with Crippen molar-refractivity contribution in [3.05, 3.63) is 88.8 Å². The first-order valence-corrected chi connectivity index (χ1v) is 15.0. The third-order valence-corrected chi connectivity index (χ3v) is 6.94. The molecule has 0 saturated carbocycles. The molecule has 2 aromatic carbocycles. The zero-order chi connectivity index (χ0) is 31.9. The van der Waals surface area contributed by atoms with E-state index in [1.807, 2.05) is 24.3 Å². The van der Waals surface area contributed by atoms with Crippen LogP contribution < -0.4 is 10.1 Å². The summed E-state index contributed by atoms with van der Waals surface area (Å²) in [5.41, 5.74) is 4.29. The van der Waals surface area contributed by atoms with Gasteiger partial charge in [0.15, 0.2) is 5.69 Å². The summed E-state index contributed by atoms with van der Waals surface area (Å²) in [5.74, 6) is 0.597. The van der Waals surface area contributed by atoms with Crippen LogP contribution in [0.15, 0.2) is 67.0 Å². The third kappa shape index (κ3) is 8.38. The molecule has 44 heavy (non-hydrogen) atoms. The topological polar surface area (TPSA) is 105 Å². The first kappa shape index (κ1) is 32.5. The number of hydrogen-bond donors (Lipinski definition) is 1. The smallest absolute Gasteiger partial charge is 0.407 e. The molecule has 0 atom stereocenters. The number of amides is 1. The zero-order valence-corrected chi connectivity index (χ0v) is 26.8. The molecule has 0 saturated heterocycles. The molecule has 0 aliphatic carbocycles. The second-order valence-corrected chi connectivity index (χ2v) is 11.9. The van der Waals surface area contributed by atoms with E-state index in [2.05, 4.69) is 48.4 Å².